The molecule has 0 aliphatic carbocycles. The van der Waals surface area contributed by atoms with Crippen LogP contribution < -0.4 is 0 Å². The molecule has 0 unspecified atom stereocenters. The van der Waals surface area contributed by atoms with E-state index in [4.69, 9.17) is 16.7 Å². The summed E-state index contributed by atoms with van der Waals surface area (Å²) in [6.45, 7) is 0. The molecule has 0 radical (unpaired) electrons. The standard InChI is InChI=1S/C7H3BrClF3O/c8-4-1-3(7(10,11)12)5(9)2-6(4)13/h1-2,13H. The molecule has 0 spiro atoms. The molecule has 72 valence electrons. The van der Waals surface area contributed by atoms with Gasteiger partial charge in [0.15, 0.2) is 0 Å². The summed E-state index contributed by atoms with van der Waals surface area (Å²) in [6, 6.07) is 1.58. The van der Waals surface area contributed by atoms with Gasteiger partial charge in [0.1, 0.15) is 5.75 Å². The molecule has 0 aliphatic rings. The number of hydrogen-bond acceptors (Lipinski definition) is 1. The van der Waals surface area contributed by atoms with Gasteiger partial charge >= 0.3 is 6.18 Å². The number of aromatic hydroxyl groups is 1. The summed E-state index contributed by atoms with van der Waals surface area (Å²) in [7, 11) is 0. The molecule has 13 heavy (non-hydrogen) atoms. The fourth-order valence-corrected chi connectivity index (χ4v) is 1.36. The zero-order valence-corrected chi connectivity index (χ0v) is 8.33. The molecule has 0 saturated heterocycles. The minimum absolute atomic E-state index is 0.0378. The number of halogens is 5. The van der Waals surface area contributed by atoms with Crippen LogP contribution in [0.15, 0.2) is 16.6 Å². The van der Waals surface area contributed by atoms with Crippen LogP contribution in [0, 0.1) is 0 Å². The Balaban J connectivity index is 3.32. The molecule has 0 fully saturated rings. The van der Waals surface area contributed by atoms with Crippen LogP contribution in [0.2, 0.25) is 5.02 Å². The van der Waals surface area contributed by atoms with Crippen LogP contribution in [0.25, 0.3) is 0 Å². The largest absolute Gasteiger partial charge is 0.507 e. The lowest BCUT2D eigenvalue weighted by Gasteiger charge is -2.09. The van der Waals surface area contributed by atoms with Crippen molar-refractivity contribution < 1.29 is 18.3 Å². The van der Waals surface area contributed by atoms with Crippen LogP contribution in [0.5, 0.6) is 5.75 Å². The van der Waals surface area contributed by atoms with Crippen molar-refractivity contribution in [3.8, 4) is 5.75 Å². The third kappa shape index (κ3) is 2.28. The van der Waals surface area contributed by atoms with Crippen molar-refractivity contribution in [2.75, 3.05) is 0 Å². The highest BCUT2D eigenvalue weighted by Gasteiger charge is 2.33. The van der Waals surface area contributed by atoms with E-state index >= 15 is 0 Å². The minimum Gasteiger partial charge on any atom is -0.507 e. The maximum absolute atomic E-state index is 12.2. The molecule has 0 bridgehead atoms. The third-order valence-electron chi connectivity index (χ3n) is 1.34. The predicted octanol–water partition coefficient (Wildman–Crippen LogP) is 3.83. The molecule has 0 aliphatic heterocycles. The Morgan fingerprint density at radius 1 is 1.31 bits per heavy atom. The van der Waals surface area contributed by atoms with Crippen LogP contribution in [0.4, 0.5) is 13.2 Å². The second-order valence-electron chi connectivity index (χ2n) is 2.28. The summed E-state index contributed by atoms with van der Waals surface area (Å²) < 4.78 is 36.5. The molecule has 0 saturated carbocycles. The van der Waals surface area contributed by atoms with Crippen LogP contribution in [0.3, 0.4) is 0 Å². The van der Waals surface area contributed by atoms with E-state index in [2.05, 4.69) is 15.9 Å². The molecule has 1 rings (SSSR count). The van der Waals surface area contributed by atoms with Crippen LogP contribution in [-0.2, 0) is 6.18 Å². The van der Waals surface area contributed by atoms with Gasteiger partial charge in [0, 0.05) is 6.07 Å². The summed E-state index contributed by atoms with van der Waals surface area (Å²) in [5, 5.41) is 8.47. The van der Waals surface area contributed by atoms with Gasteiger partial charge in [-0.25, -0.2) is 0 Å². The van der Waals surface area contributed by atoms with E-state index in [1.54, 1.807) is 0 Å². The minimum atomic E-state index is -4.51. The Morgan fingerprint density at radius 2 is 1.85 bits per heavy atom. The number of phenols is 1. The van der Waals surface area contributed by atoms with Gasteiger partial charge in [-0.3, -0.25) is 0 Å². The molecular weight excluding hydrogens is 272 g/mol. The van der Waals surface area contributed by atoms with Crippen molar-refractivity contribution in [3.63, 3.8) is 0 Å². The van der Waals surface area contributed by atoms with Crippen molar-refractivity contribution in [3.05, 3.63) is 27.2 Å². The number of phenolic OH excluding ortho intramolecular Hbond substituents is 1. The van der Waals surface area contributed by atoms with E-state index in [9.17, 15) is 13.2 Å². The molecular formula is C7H3BrClF3O. The van der Waals surface area contributed by atoms with E-state index in [0.29, 0.717) is 0 Å². The van der Waals surface area contributed by atoms with E-state index in [-0.39, 0.29) is 10.2 Å². The molecule has 0 amide bonds. The zero-order chi connectivity index (χ0) is 10.2. The first-order chi connectivity index (χ1) is 5.82. The van der Waals surface area contributed by atoms with Gasteiger partial charge in [-0.2, -0.15) is 13.2 Å². The first kappa shape index (κ1) is 10.7. The van der Waals surface area contributed by atoms with Crippen molar-refractivity contribution in [2.24, 2.45) is 0 Å². The van der Waals surface area contributed by atoms with Gasteiger partial charge in [0.05, 0.1) is 15.1 Å². The molecule has 6 heteroatoms. The average molecular weight is 275 g/mol. The smallest absolute Gasteiger partial charge is 0.417 e. The second-order valence-corrected chi connectivity index (χ2v) is 3.54. The van der Waals surface area contributed by atoms with Crippen molar-refractivity contribution in [1.29, 1.82) is 0 Å². The first-order valence-electron chi connectivity index (χ1n) is 3.07. The highest BCUT2D eigenvalue weighted by atomic mass is 79.9. The van der Waals surface area contributed by atoms with Gasteiger partial charge in [-0.05, 0) is 22.0 Å². The Labute approximate surface area is 85.3 Å². The topological polar surface area (TPSA) is 20.2 Å². The molecule has 0 atom stereocenters. The fraction of sp³-hybridized carbons (Fsp3) is 0.143. The van der Waals surface area contributed by atoms with Crippen LogP contribution >= 0.6 is 27.5 Å². The summed E-state index contributed by atoms with van der Waals surface area (Å²) >= 11 is 8.05. The summed E-state index contributed by atoms with van der Waals surface area (Å²) in [5.74, 6) is -0.321. The highest BCUT2D eigenvalue weighted by molar-refractivity contribution is 9.10. The van der Waals surface area contributed by atoms with Gasteiger partial charge in [0.2, 0.25) is 0 Å². The molecule has 0 heterocycles. The van der Waals surface area contributed by atoms with Crippen LogP contribution in [0.1, 0.15) is 5.56 Å². The van der Waals surface area contributed by atoms with E-state index in [1.807, 2.05) is 0 Å². The SMILES string of the molecule is Oc1cc(Cl)c(C(F)(F)F)cc1Br. The monoisotopic (exact) mass is 274 g/mol. The summed E-state index contributed by atoms with van der Waals surface area (Å²) in [5.41, 5.74) is -0.973. The maximum atomic E-state index is 12.2. The maximum Gasteiger partial charge on any atom is 0.417 e. The molecule has 1 N–H and O–H groups in total. The highest BCUT2D eigenvalue weighted by Crippen LogP contribution is 2.39. The molecule has 1 aromatic rings. The van der Waals surface area contributed by atoms with Crippen molar-refractivity contribution in [1.82, 2.24) is 0 Å². The average Bonchev–Trinajstić information content (AvgIpc) is 1.94. The van der Waals surface area contributed by atoms with Crippen LogP contribution in [-0.4, -0.2) is 5.11 Å². The Hall–Kier alpha value is -0.420. The second kappa shape index (κ2) is 3.38. The Bertz CT molecular complexity index is 337. The lowest BCUT2D eigenvalue weighted by atomic mass is 10.2. The van der Waals surface area contributed by atoms with Crippen molar-refractivity contribution >= 4 is 27.5 Å². The first-order valence-corrected chi connectivity index (χ1v) is 4.24. The molecule has 1 nitrogen and oxygen atoms in total. The van der Waals surface area contributed by atoms with E-state index < -0.39 is 16.8 Å². The molecule has 0 aromatic heterocycles. The third-order valence-corrected chi connectivity index (χ3v) is 2.29. The van der Waals surface area contributed by atoms with Gasteiger partial charge in [-0.15, -0.1) is 0 Å². The normalized spacial score (nSPS) is 11.8. The Morgan fingerprint density at radius 3 is 2.31 bits per heavy atom. The van der Waals surface area contributed by atoms with E-state index in [1.165, 1.54) is 0 Å². The van der Waals surface area contributed by atoms with Gasteiger partial charge in [-0.1, -0.05) is 11.6 Å². The lowest BCUT2D eigenvalue weighted by molar-refractivity contribution is -0.137. The predicted molar refractivity (Wildman–Crippen MR) is 45.8 cm³/mol. The number of hydrogen-bond donors (Lipinski definition) is 1. The number of benzene rings is 1. The van der Waals surface area contributed by atoms with Gasteiger partial charge < -0.3 is 5.11 Å². The lowest BCUT2D eigenvalue weighted by Crippen LogP contribution is -2.05. The summed E-state index contributed by atoms with van der Waals surface area (Å²) in [6.07, 6.45) is -4.51. The van der Waals surface area contributed by atoms with Crippen molar-refractivity contribution in [2.45, 2.75) is 6.18 Å². The summed E-state index contributed by atoms with van der Waals surface area (Å²) in [4.78, 5) is 0. The molecule has 1 aromatic carbocycles. The number of alkyl halides is 3. The quantitative estimate of drug-likeness (QED) is 0.763. The number of rotatable bonds is 0. The fourth-order valence-electron chi connectivity index (χ4n) is 0.754. The van der Waals surface area contributed by atoms with E-state index in [0.717, 1.165) is 12.1 Å². The van der Waals surface area contributed by atoms with Gasteiger partial charge in [0.25, 0.3) is 0 Å². The zero-order valence-electron chi connectivity index (χ0n) is 5.99. The Kier molecular flexibility index (Phi) is 2.77.